The summed E-state index contributed by atoms with van der Waals surface area (Å²) >= 11 is 0. The molecule has 2 aromatic rings. The van der Waals surface area contributed by atoms with E-state index < -0.39 is 9.05 Å². The first-order chi connectivity index (χ1) is 7.47. The fourth-order valence-electron chi connectivity index (χ4n) is 1.32. The van der Waals surface area contributed by atoms with Gasteiger partial charge in [-0.3, -0.25) is 0 Å². The monoisotopic (exact) mass is 256 g/mol. The van der Waals surface area contributed by atoms with Crippen LogP contribution in [0.4, 0.5) is 0 Å². The highest BCUT2D eigenvalue weighted by Crippen LogP contribution is 2.17. The first-order valence-corrected chi connectivity index (χ1v) is 6.84. The Morgan fingerprint density at radius 3 is 2.31 bits per heavy atom. The number of benzene rings is 1. The Morgan fingerprint density at radius 1 is 1.25 bits per heavy atom. The van der Waals surface area contributed by atoms with Gasteiger partial charge in [0.15, 0.2) is 0 Å². The first kappa shape index (κ1) is 11.2. The van der Waals surface area contributed by atoms with Crippen molar-refractivity contribution in [2.75, 3.05) is 0 Å². The molecular formula is C10H9ClN2O2S. The molecule has 0 aliphatic heterocycles. The highest BCUT2D eigenvalue weighted by molar-refractivity contribution is 8.13. The molecular weight excluding hydrogens is 248 g/mol. The van der Waals surface area contributed by atoms with Crippen molar-refractivity contribution in [1.82, 2.24) is 9.78 Å². The summed E-state index contributed by atoms with van der Waals surface area (Å²) in [5.74, 6) is 0. The fourth-order valence-corrected chi connectivity index (χ4v) is 2.09. The molecule has 2 rings (SSSR count). The Kier molecular flexibility index (Phi) is 2.73. The Morgan fingerprint density at radius 2 is 1.88 bits per heavy atom. The van der Waals surface area contributed by atoms with Crippen molar-refractivity contribution < 1.29 is 8.42 Å². The number of hydrogen-bond donors (Lipinski definition) is 0. The lowest BCUT2D eigenvalue weighted by atomic mass is 10.3. The van der Waals surface area contributed by atoms with E-state index in [1.165, 1.54) is 12.1 Å². The molecule has 0 atom stereocenters. The van der Waals surface area contributed by atoms with Crippen LogP contribution in [0, 0.1) is 6.92 Å². The van der Waals surface area contributed by atoms with Gasteiger partial charge in [-0.25, -0.2) is 13.1 Å². The molecule has 0 aliphatic carbocycles. The topological polar surface area (TPSA) is 52.0 Å². The standard InChI is InChI=1S/C10H9ClN2O2S/c1-8-6-12-13(7-8)9-2-4-10(5-3-9)16(11,14)15/h2-7H,1H3. The van der Waals surface area contributed by atoms with Crippen LogP contribution in [-0.4, -0.2) is 18.2 Å². The van der Waals surface area contributed by atoms with Crippen LogP contribution in [0.1, 0.15) is 5.56 Å². The zero-order chi connectivity index (χ0) is 11.8. The lowest BCUT2D eigenvalue weighted by molar-refractivity contribution is 0.609. The lowest BCUT2D eigenvalue weighted by Crippen LogP contribution is -1.95. The van der Waals surface area contributed by atoms with E-state index in [2.05, 4.69) is 5.10 Å². The molecule has 0 amide bonds. The summed E-state index contributed by atoms with van der Waals surface area (Å²) in [5, 5.41) is 4.11. The minimum atomic E-state index is -3.65. The summed E-state index contributed by atoms with van der Waals surface area (Å²) in [7, 11) is 1.56. The van der Waals surface area contributed by atoms with Gasteiger partial charge in [0.25, 0.3) is 9.05 Å². The van der Waals surface area contributed by atoms with Crippen molar-refractivity contribution in [3.63, 3.8) is 0 Å². The minimum absolute atomic E-state index is 0.0850. The van der Waals surface area contributed by atoms with E-state index >= 15 is 0 Å². The van der Waals surface area contributed by atoms with Crippen LogP contribution in [0.2, 0.25) is 0 Å². The summed E-state index contributed by atoms with van der Waals surface area (Å²) in [5.41, 5.74) is 1.83. The van der Waals surface area contributed by atoms with Crippen LogP contribution in [0.5, 0.6) is 0 Å². The van der Waals surface area contributed by atoms with Crippen LogP contribution in [0.25, 0.3) is 5.69 Å². The smallest absolute Gasteiger partial charge is 0.241 e. The Bertz CT molecular complexity index is 602. The Labute approximate surface area is 97.9 Å². The molecule has 0 unspecified atom stereocenters. The summed E-state index contributed by atoms with van der Waals surface area (Å²) in [6, 6.07) is 6.22. The van der Waals surface area contributed by atoms with E-state index in [-0.39, 0.29) is 4.90 Å². The predicted molar refractivity (Wildman–Crippen MR) is 61.3 cm³/mol. The Balaban J connectivity index is 2.40. The number of aryl methyl sites for hydroxylation is 1. The number of aromatic nitrogens is 2. The van der Waals surface area contributed by atoms with Crippen molar-refractivity contribution in [3.8, 4) is 5.69 Å². The highest BCUT2D eigenvalue weighted by atomic mass is 35.7. The van der Waals surface area contributed by atoms with Crippen LogP contribution in [-0.2, 0) is 9.05 Å². The first-order valence-electron chi connectivity index (χ1n) is 4.53. The van der Waals surface area contributed by atoms with Gasteiger partial charge < -0.3 is 0 Å². The van der Waals surface area contributed by atoms with Gasteiger partial charge in [0, 0.05) is 16.9 Å². The van der Waals surface area contributed by atoms with Gasteiger partial charge in [-0.2, -0.15) is 5.10 Å². The molecule has 0 bridgehead atoms. The number of halogens is 1. The molecule has 1 aromatic heterocycles. The second-order valence-electron chi connectivity index (χ2n) is 3.39. The van der Waals surface area contributed by atoms with Crippen LogP contribution in [0.3, 0.4) is 0 Å². The molecule has 0 fully saturated rings. The molecule has 4 nitrogen and oxygen atoms in total. The van der Waals surface area contributed by atoms with Crippen molar-refractivity contribution in [2.45, 2.75) is 11.8 Å². The summed E-state index contributed by atoms with van der Waals surface area (Å²) in [6.07, 6.45) is 3.58. The molecule has 0 saturated carbocycles. The van der Waals surface area contributed by atoms with Gasteiger partial charge >= 0.3 is 0 Å². The van der Waals surface area contributed by atoms with Gasteiger partial charge in [0.2, 0.25) is 0 Å². The van der Waals surface area contributed by atoms with Crippen molar-refractivity contribution in [1.29, 1.82) is 0 Å². The summed E-state index contributed by atoms with van der Waals surface area (Å²) in [4.78, 5) is 0.0850. The molecule has 1 heterocycles. The van der Waals surface area contributed by atoms with Gasteiger partial charge in [-0.1, -0.05) is 0 Å². The molecule has 0 N–H and O–H groups in total. The maximum Gasteiger partial charge on any atom is 0.261 e. The number of hydrogen-bond acceptors (Lipinski definition) is 3. The van der Waals surface area contributed by atoms with Crippen molar-refractivity contribution >= 4 is 19.7 Å². The average Bonchev–Trinajstić information content (AvgIpc) is 2.64. The normalized spacial score (nSPS) is 11.6. The highest BCUT2D eigenvalue weighted by Gasteiger charge is 2.09. The second-order valence-corrected chi connectivity index (χ2v) is 5.96. The predicted octanol–water partition coefficient (Wildman–Crippen LogP) is 2.11. The lowest BCUT2D eigenvalue weighted by Gasteiger charge is -2.01. The number of nitrogens with zero attached hydrogens (tertiary/aromatic N) is 2. The van der Waals surface area contributed by atoms with E-state index in [4.69, 9.17) is 10.7 Å². The van der Waals surface area contributed by atoms with Crippen molar-refractivity contribution in [2.24, 2.45) is 0 Å². The molecule has 6 heteroatoms. The third-order valence-corrected chi connectivity index (χ3v) is 3.46. The third kappa shape index (κ3) is 2.25. The van der Waals surface area contributed by atoms with Gasteiger partial charge in [0.1, 0.15) is 0 Å². The van der Waals surface area contributed by atoms with Crippen LogP contribution >= 0.6 is 10.7 Å². The van der Waals surface area contributed by atoms with E-state index in [0.717, 1.165) is 11.3 Å². The largest absolute Gasteiger partial charge is 0.261 e. The quantitative estimate of drug-likeness (QED) is 0.774. The van der Waals surface area contributed by atoms with E-state index in [9.17, 15) is 8.42 Å². The molecule has 0 aliphatic rings. The van der Waals surface area contributed by atoms with Gasteiger partial charge in [0.05, 0.1) is 16.8 Å². The average molecular weight is 257 g/mol. The third-order valence-electron chi connectivity index (χ3n) is 2.09. The fraction of sp³-hybridized carbons (Fsp3) is 0.100. The van der Waals surface area contributed by atoms with E-state index in [1.807, 2.05) is 13.1 Å². The summed E-state index contributed by atoms with van der Waals surface area (Å²) in [6.45, 7) is 1.93. The van der Waals surface area contributed by atoms with Gasteiger partial charge in [-0.05, 0) is 36.8 Å². The second kappa shape index (κ2) is 3.92. The molecule has 1 aromatic carbocycles. The van der Waals surface area contributed by atoms with E-state index in [1.54, 1.807) is 23.0 Å². The number of rotatable bonds is 2. The maximum absolute atomic E-state index is 11.0. The minimum Gasteiger partial charge on any atom is -0.241 e. The zero-order valence-corrected chi connectivity index (χ0v) is 10.0. The molecule has 0 saturated heterocycles. The van der Waals surface area contributed by atoms with Crippen molar-refractivity contribution in [3.05, 3.63) is 42.2 Å². The molecule has 16 heavy (non-hydrogen) atoms. The Hall–Kier alpha value is -1.33. The zero-order valence-electron chi connectivity index (χ0n) is 8.46. The van der Waals surface area contributed by atoms with Crippen LogP contribution in [0.15, 0.2) is 41.6 Å². The maximum atomic E-state index is 11.0. The van der Waals surface area contributed by atoms with Crippen LogP contribution < -0.4 is 0 Å². The SMILES string of the molecule is Cc1cnn(-c2ccc(S(=O)(=O)Cl)cc2)c1. The van der Waals surface area contributed by atoms with Gasteiger partial charge in [-0.15, -0.1) is 0 Å². The molecule has 0 radical (unpaired) electrons. The summed E-state index contributed by atoms with van der Waals surface area (Å²) < 4.78 is 23.7. The van der Waals surface area contributed by atoms with E-state index in [0.29, 0.717) is 0 Å². The molecule has 84 valence electrons. The molecule has 0 spiro atoms.